The van der Waals surface area contributed by atoms with Gasteiger partial charge in [0.15, 0.2) is 0 Å². The summed E-state index contributed by atoms with van der Waals surface area (Å²) in [4.78, 5) is 15.7. The first kappa shape index (κ1) is 12.6. The minimum Gasteiger partial charge on any atom is -0.337 e. The summed E-state index contributed by atoms with van der Waals surface area (Å²) in [5.41, 5.74) is 1.76. The molecule has 0 unspecified atom stereocenters. The number of aromatic nitrogens is 2. The maximum Gasteiger partial charge on any atom is 0.226 e. The Bertz CT molecular complexity index is 537. The van der Waals surface area contributed by atoms with Crippen LogP contribution in [0.4, 0.5) is 5.69 Å². The van der Waals surface area contributed by atoms with E-state index in [1.54, 1.807) is 24.7 Å². The van der Waals surface area contributed by atoms with Crippen molar-refractivity contribution in [3.8, 4) is 0 Å². The SMILES string of the molecule is Cc1ccc(Cl)cc1NC(=O)CCn1ccnc1. The molecule has 1 N–H and O–H groups in total. The number of nitrogens with one attached hydrogen (secondary N) is 1. The first-order valence-electron chi connectivity index (χ1n) is 5.67. The number of hydrogen-bond donors (Lipinski definition) is 1. The van der Waals surface area contributed by atoms with Crippen molar-refractivity contribution in [1.29, 1.82) is 0 Å². The van der Waals surface area contributed by atoms with E-state index in [0.717, 1.165) is 11.3 Å². The molecule has 1 amide bonds. The molecule has 0 atom stereocenters. The minimum absolute atomic E-state index is 0.0333. The van der Waals surface area contributed by atoms with Gasteiger partial charge in [0.05, 0.1) is 6.33 Å². The molecule has 0 saturated heterocycles. The van der Waals surface area contributed by atoms with E-state index in [0.29, 0.717) is 18.0 Å². The number of aryl methyl sites for hydroxylation is 2. The molecule has 0 fully saturated rings. The van der Waals surface area contributed by atoms with Crippen molar-refractivity contribution in [2.24, 2.45) is 0 Å². The van der Waals surface area contributed by atoms with Gasteiger partial charge in [0.2, 0.25) is 5.91 Å². The van der Waals surface area contributed by atoms with E-state index in [-0.39, 0.29) is 5.91 Å². The predicted molar refractivity (Wildman–Crippen MR) is 71.7 cm³/mol. The number of anilines is 1. The van der Waals surface area contributed by atoms with Crippen LogP contribution < -0.4 is 5.32 Å². The molecule has 2 rings (SSSR count). The molecule has 0 aliphatic carbocycles. The Hall–Kier alpha value is -1.81. The van der Waals surface area contributed by atoms with Crippen LogP contribution in [-0.2, 0) is 11.3 Å². The molecule has 4 nitrogen and oxygen atoms in total. The van der Waals surface area contributed by atoms with Gasteiger partial charge in [0, 0.05) is 36.1 Å². The Balaban J connectivity index is 1.92. The highest BCUT2D eigenvalue weighted by atomic mass is 35.5. The lowest BCUT2D eigenvalue weighted by molar-refractivity contribution is -0.116. The first-order valence-corrected chi connectivity index (χ1v) is 6.05. The summed E-state index contributed by atoms with van der Waals surface area (Å²) in [5, 5.41) is 3.47. The van der Waals surface area contributed by atoms with Crippen LogP contribution in [0.5, 0.6) is 0 Å². The van der Waals surface area contributed by atoms with Crippen molar-refractivity contribution in [2.45, 2.75) is 19.9 Å². The zero-order valence-electron chi connectivity index (χ0n) is 10.1. The van der Waals surface area contributed by atoms with E-state index >= 15 is 0 Å². The van der Waals surface area contributed by atoms with Crippen LogP contribution >= 0.6 is 11.6 Å². The van der Waals surface area contributed by atoms with Crippen LogP contribution in [0.15, 0.2) is 36.9 Å². The van der Waals surface area contributed by atoms with Crippen molar-refractivity contribution >= 4 is 23.2 Å². The summed E-state index contributed by atoms with van der Waals surface area (Å²) < 4.78 is 1.87. The number of imidazole rings is 1. The fourth-order valence-electron chi connectivity index (χ4n) is 1.59. The number of halogens is 1. The maximum absolute atomic E-state index is 11.8. The van der Waals surface area contributed by atoms with E-state index in [9.17, 15) is 4.79 Å². The number of hydrogen-bond acceptors (Lipinski definition) is 2. The lowest BCUT2D eigenvalue weighted by Gasteiger charge is -2.09. The summed E-state index contributed by atoms with van der Waals surface area (Å²) in [6.45, 7) is 2.55. The van der Waals surface area contributed by atoms with E-state index in [1.165, 1.54) is 0 Å². The minimum atomic E-state index is -0.0333. The zero-order chi connectivity index (χ0) is 13.0. The van der Waals surface area contributed by atoms with Crippen LogP contribution in [-0.4, -0.2) is 15.5 Å². The van der Waals surface area contributed by atoms with E-state index < -0.39 is 0 Å². The van der Waals surface area contributed by atoms with Crippen LogP contribution in [0.3, 0.4) is 0 Å². The third-order valence-electron chi connectivity index (χ3n) is 2.63. The first-order chi connectivity index (χ1) is 8.65. The molecule has 18 heavy (non-hydrogen) atoms. The Morgan fingerprint density at radius 1 is 1.50 bits per heavy atom. The van der Waals surface area contributed by atoms with Crippen molar-refractivity contribution in [2.75, 3.05) is 5.32 Å². The number of nitrogens with zero attached hydrogens (tertiary/aromatic N) is 2. The number of amides is 1. The average molecular weight is 264 g/mol. The van der Waals surface area contributed by atoms with Crippen LogP contribution in [0.2, 0.25) is 5.02 Å². The number of rotatable bonds is 4. The topological polar surface area (TPSA) is 46.9 Å². The molecule has 94 valence electrons. The molecule has 1 aromatic carbocycles. The van der Waals surface area contributed by atoms with Crippen molar-refractivity contribution in [3.63, 3.8) is 0 Å². The Labute approximate surface area is 111 Å². The molecule has 0 spiro atoms. The van der Waals surface area contributed by atoms with Crippen molar-refractivity contribution in [1.82, 2.24) is 9.55 Å². The molecule has 0 radical (unpaired) electrons. The molecule has 1 aromatic heterocycles. The van der Waals surface area contributed by atoms with Crippen LogP contribution in [0.25, 0.3) is 0 Å². The third-order valence-corrected chi connectivity index (χ3v) is 2.87. The quantitative estimate of drug-likeness (QED) is 0.922. The molecule has 2 aromatic rings. The molecule has 1 heterocycles. The second-order valence-corrected chi connectivity index (χ2v) is 4.49. The average Bonchev–Trinajstić information content (AvgIpc) is 2.84. The van der Waals surface area contributed by atoms with Crippen molar-refractivity contribution in [3.05, 3.63) is 47.5 Å². The molecule has 0 saturated carbocycles. The summed E-state index contributed by atoms with van der Waals surface area (Å²) in [7, 11) is 0. The third kappa shape index (κ3) is 3.34. The van der Waals surface area contributed by atoms with Gasteiger partial charge in [-0.3, -0.25) is 4.79 Å². The van der Waals surface area contributed by atoms with Gasteiger partial charge in [-0.15, -0.1) is 0 Å². The number of benzene rings is 1. The van der Waals surface area contributed by atoms with Gasteiger partial charge < -0.3 is 9.88 Å². The van der Waals surface area contributed by atoms with E-state index in [2.05, 4.69) is 10.3 Å². The largest absolute Gasteiger partial charge is 0.337 e. The van der Waals surface area contributed by atoms with E-state index in [1.807, 2.05) is 23.8 Å². The summed E-state index contributed by atoms with van der Waals surface area (Å²) in [6, 6.07) is 5.44. The molecular formula is C13H14ClN3O. The van der Waals surface area contributed by atoms with Crippen LogP contribution in [0, 0.1) is 6.92 Å². The van der Waals surface area contributed by atoms with Gasteiger partial charge in [-0.1, -0.05) is 17.7 Å². The Morgan fingerprint density at radius 3 is 3.06 bits per heavy atom. The Kier molecular flexibility index (Phi) is 3.99. The molecular weight excluding hydrogens is 250 g/mol. The van der Waals surface area contributed by atoms with Gasteiger partial charge in [-0.25, -0.2) is 4.98 Å². The fraction of sp³-hybridized carbons (Fsp3) is 0.231. The van der Waals surface area contributed by atoms with Gasteiger partial charge >= 0.3 is 0 Å². The smallest absolute Gasteiger partial charge is 0.226 e. The molecule has 0 aliphatic heterocycles. The zero-order valence-corrected chi connectivity index (χ0v) is 10.8. The number of carbonyl (C=O) groups excluding carboxylic acids is 1. The second-order valence-electron chi connectivity index (χ2n) is 4.06. The number of carbonyl (C=O) groups is 1. The Morgan fingerprint density at radius 2 is 2.33 bits per heavy atom. The molecule has 0 aliphatic rings. The molecule has 5 heteroatoms. The predicted octanol–water partition coefficient (Wildman–Crippen LogP) is 2.87. The monoisotopic (exact) mass is 263 g/mol. The fourth-order valence-corrected chi connectivity index (χ4v) is 1.76. The summed E-state index contributed by atoms with van der Waals surface area (Å²) >= 11 is 5.89. The summed E-state index contributed by atoms with van der Waals surface area (Å²) in [6.07, 6.45) is 5.62. The van der Waals surface area contributed by atoms with Gasteiger partial charge in [-0.2, -0.15) is 0 Å². The highest BCUT2D eigenvalue weighted by molar-refractivity contribution is 6.31. The maximum atomic E-state index is 11.8. The van der Waals surface area contributed by atoms with Gasteiger partial charge in [-0.05, 0) is 24.6 Å². The lowest BCUT2D eigenvalue weighted by Crippen LogP contribution is -2.14. The van der Waals surface area contributed by atoms with Gasteiger partial charge in [0.25, 0.3) is 0 Å². The standard InChI is InChI=1S/C13H14ClN3O/c1-10-2-3-11(14)8-12(10)16-13(18)4-6-17-7-5-15-9-17/h2-3,5,7-9H,4,6H2,1H3,(H,16,18). The highest BCUT2D eigenvalue weighted by Gasteiger charge is 2.05. The summed E-state index contributed by atoms with van der Waals surface area (Å²) in [5.74, 6) is -0.0333. The van der Waals surface area contributed by atoms with E-state index in [4.69, 9.17) is 11.6 Å². The highest BCUT2D eigenvalue weighted by Crippen LogP contribution is 2.20. The van der Waals surface area contributed by atoms with Crippen molar-refractivity contribution < 1.29 is 4.79 Å². The second kappa shape index (κ2) is 5.69. The van der Waals surface area contributed by atoms with Gasteiger partial charge in [0.1, 0.15) is 0 Å². The normalized spacial score (nSPS) is 10.3. The lowest BCUT2D eigenvalue weighted by atomic mass is 10.2. The molecule has 0 bridgehead atoms. The van der Waals surface area contributed by atoms with Crippen LogP contribution in [0.1, 0.15) is 12.0 Å².